The van der Waals surface area contributed by atoms with Gasteiger partial charge in [-0.2, -0.15) is 0 Å². The van der Waals surface area contributed by atoms with E-state index in [9.17, 15) is 9.18 Å². The van der Waals surface area contributed by atoms with Crippen LogP contribution in [0.4, 0.5) is 4.39 Å². The number of rotatable bonds is 9. The largest absolute Gasteiger partial charge is 0.482 e. The highest BCUT2D eigenvalue weighted by molar-refractivity contribution is 6.01. The molecule has 0 unspecified atom stereocenters. The van der Waals surface area contributed by atoms with Gasteiger partial charge in [-0.05, 0) is 55.0 Å². The molecule has 10 nitrogen and oxygen atoms in total. The van der Waals surface area contributed by atoms with Crippen LogP contribution < -0.4 is 10.5 Å². The van der Waals surface area contributed by atoms with Crippen molar-refractivity contribution in [3.05, 3.63) is 59.8 Å². The van der Waals surface area contributed by atoms with Crippen molar-refractivity contribution in [3.63, 3.8) is 0 Å². The number of aryl methyl sites for hydroxylation is 1. The summed E-state index contributed by atoms with van der Waals surface area (Å²) in [5.74, 6) is 2.47. The number of imidazole rings is 1. The first kappa shape index (κ1) is 24.8. The Balaban J connectivity index is 1.30. The summed E-state index contributed by atoms with van der Waals surface area (Å²) in [5.41, 5.74) is 11.1. The lowest BCUT2D eigenvalue weighted by atomic mass is 9.97. The molecule has 0 radical (unpaired) electrons. The third-order valence-electron chi connectivity index (χ3n) is 7.93. The van der Waals surface area contributed by atoms with Crippen LogP contribution in [0.5, 0.6) is 5.75 Å². The first-order chi connectivity index (χ1) is 19.5. The molecule has 3 aromatic heterocycles. The van der Waals surface area contributed by atoms with Crippen molar-refractivity contribution in [2.24, 2.45) is 18.7 Å². The van der Waals surface area contributed by atoms with E-state index in [1.54, 1.807) is 4.90 Å². The Labute approximate surface area is 229 Å². The van der Waals surface area contributed by atoms with Gasteiger partial charge in [0.25, 0.3) is 11.8 Å². The van der Waals surface area contributed by atoms with E-state index < -0.39 is 12.7 Å². The van der Waals surface area contributed by atoms with Gasteiger partial charge in [-0.25, -0.2) is 9.37 Å². The molecule has 1 aliphatic carbocycles. The van der Waals surface area contributed by atoms with Crippen molar-refractivity contribution in [2.45, 2.75) is 38.5 Å². The number of para-hydroxylation sites is 1. The summed E-state index contributed by atoms with van der Waals surface area (Å²) in [6.07, 6.45) is 4.38. The quantitative estimate of drug-likeness (QED) is 0.300. The van der Waals surface area contributed by atoms with Gasteiger partial charge in [0.05, 0.1) is 28.3 Å². The van der Waals surface area contributed by atoms with E-state index in [1.807, 2.05) is 25.2 Å². The monoisotopic (exact) mass is 543 g/mol. The minimum atomic E-state index is -0.676. The number of ether oxygens (including phenoxy) is 1. The summed E-state index contributed by atoms with van der Waals surface area (Å²) >= 11 is 0. The van der Waals surface area contributed by atoms with Crippen molar-refractivity contribution < 1.29 is 18.3 Å². The van der Waals surface area contributed by atoms with Crippen LogP contribution in [0.3, 0.4) is 0 Å². The lowest BCUT2D eigenvalue weighted by Gasteiger charge is -2.30. The van der Waals surface area contributed by atoms with E-state index in [4.69, 9.17) is 19.9 Å². The third kappa shape index (κ3) is 4.30. The average Bonchev–Trinajstić information content (AvgIpc) is 3.34. The Morgan fingerprint density at radius 1 is 1.25 bits per heavy atom. The summed E-state index contributed by atoms with van der Waals surface area (Å²) in [4.78, 5) is 19.9. The zero-order valence-corrected chi connectivity index (χ0v) is 22.2. The van der Waals surface area contributed by atoms with Gasteiger partial charge >= 0.3 is 0 Å². The number of amides is 1. The van der Waals surface area contributed by atoms with Gasteiger partial charge in [-0.15, -0.1) is 10.2 Å². The average molecular weight is 544 g/mol. The molecule has 0 saturated heterocycles. The number of nitrogens with two attached hydrogens (primary N) is 1. The molecule has 206 valence electrons. The molecule has 11 heteroatoms. The molecule has 0 bridgehead atoms. The van der Waals surface area contributed by atoms with Crippen LogP contribution in [0.2, 0.25) is 0 Å². The van der Waals surface area contributed by atoms with Crippen LogP contribution >= 0.6 is 0 Å². The molecule has 1 saturated carbocycles. The number of nitrogens with zero attached hydrogens (tertiary/aromatic N) is 6. The standard InChI is InChI=1S/C29H30FN7O3/c1-35-23-9-18-7-8-36(14-20(31)12-30)29(38)21(18)11-22(23)33-28(35)24-10-19-3-2-4-25(39-15-26-34-32-16-40-26)27(19)37(24)13-17-5-6-17/h2-4,9-11,16-17,20H,5-8,12-15,31H2,1H3/t20-/m1/s1. The lowest BCUT2D eigenvalue weighted by molar-refractivity contribution is 0.0725. The molecule has 1 atom stereocenters. The molecule has 1 amide bonds. The van der Waals surface area contributed by atoms with Gasteiger partial charge in [0.1, 0.15) is 12.4 Å². The fourth-order valence-corrected chi connectivity index (χ4v) is 5.69. The SMILES string of the molecule is Cn1c(-c2cc3cccc(OCc4nnco4)c3n2CC2CC2)nc2cc3c(cc21)CCN(C[C@H](N)CF)C3=O. The second-order valence-electron chi connectivity index (χ2n) is 10.8. The number of halogens is 1. The Morgan fingerprint density at radius 2 is 2.12 bits per heavy atom. The molecule has 2 aromatic carbocycles. The first-order valence-electron chi connectivity index (χ1n) is 13.6. The van der Waals surface area contributed by atoms with Gasteiger partial charge in [-0.1, -0.05) is 12.1 Å². The number of benzene rings is 2. The fourth-order valence-electron chi connectivity index (χ4n) is 5.69. The molecule has 2 aliphatic rings. The predicted octanol–water partition coefficient (Wildman–Crippen LogP) is 3.86. The summed E-state index contributed by atoms with van der Waals surface area (Å²) < 4.78 is 28.8. The smallest absolute Gasteiger partial charge is 0.254 e. The highest BCUT2D eigenvalue weighted by Gasteiger charge is 2.29. The molecule has 5 aromatic rings. The first-order valence-corrected chi connectivity index (χ1v) is 13.6. The maximum absolute atomic E-state index is 13.2. The summed E-state index contributed by atoms with van der Waals surface area (Å²) in [6, 6.07) is 11.4. The van der Waals surface area contributed by atoms with E-state index in [2.05, 4.69) is 37.5 Å². The van der Waals surface area contributed by atoms with Crippen LogP contribution in [-0.2, 0) is 26.6 Å². The van der Waals surface area contributed by atoms with E-state index in [-0.39, 0.29) is 19.1 Å². The van der Waals surface area contributed by atoms with Crippen LogP contribution in [0.1, 0.15) is 34.7 Å². The predicted molar refractivity (Wildman–Crippen MR) is 147 cm³/mol. The van der Waals surface area contributed by atoms with Crippen molar-refractivity contribution in [3.8, 4) is 17.3 Å². The Morgan fingerprint density at radius 3 is 2.90 bits per heavy atom. The third-order valence-corrected chi connectivity index (χ3v) is 7.93. The Bertz CT molecular complexity index is 1720. The van der Waals surface area contributed by atoms with Crippen LogP contribution in [-0.4, -0.2) is 60.9 Å². The zero-order chi connectivity index (χ0) is 27.4. The second-order valence-corrected chi connectivity index (χ2v) is 10.8. The van der Waals surface area contributed by atoms with Crippen molar-refractivity contribution >= 4 is 27.8 Å². The van der Waals surface area contributed by atoms with Gasteiger partial charge in [-0.3, -0.25) is 4.79 Å². The molecular formula is C29H30FN7O3. The Kier molecular flexibility index (Phi) is 6.03. The van der Waals surface area contributed by atoms with Crippen LogP contribution in [0.25, 0.3) is 33.5 Å². The Hall–Kier alpha value is -4.25. The van der Waals surface area contributed by atoms with Crippen LogP contribution in [0.15, 0.2) is 47.2 Å². The normalized spacial score (nSPS) is 16.2. The number of fused-ring (bicyclic) bond motifs is 3. The molecule has 1 aliphatic heterocycles. The highest BCUT2D eigenvalue weighted by Crippen LogP contribution is 2.39. The molecule has 40 heavy (non-hydrogen) atoms. The zero-order valence-electron chi connectivity index (χ0n) is 22.2. The molecule has 1 fully saturated rings. The number of hydrogen-bond donors (Lipinski definition) is 1. The minimum Gasteiger partial charge on any atom is -0.482 e. The molecule has 7 rings (SSSR count). The molecule has 2 N–H and O–H groups in total. The van der Waals surface area contributed by atoms with Crippen LogP contribution in [0, 0.1) is 5.92 Å². The van der Waals surface area contributed by atoms with E-state index in [0.29, 0.717) is 30.3 Å². The maximum Gasteiger partial charge on any atom is 0.254 e. The van der Waals surface area contributed by atoms with E-state index >= 15 is 0 Å². The minimum absolute atomic E-state index is 0.120. The van der Waals surface area contributed by atoms with Crippen molar-refractivity contribution in [1.82, 2.24) is 29.2 Å². The number of hydrogen-bond acceptors (Lipinski definition) is 7. The lowest BCUT2D eigenvalue weighted by Crippen LogP contribution is -2.45. The van der Waals surface area contributed by atoms with Gasteiger partial charge < -0.3 is 28.9 Å². The number of alkyl halides is 1. The van der Waals surface area contributed by atoms with Gasteiger partial charge in [0.2, 0.25) is 6.39 Å². The van der Waals surface area contributed by atoms with Crippen molar-refractivity contribution in [1.29, 1.82) is 0 Å². The molecular weight excluding hydrogens is 513 g/mol. The molecule has 0 spiro atoms. The number of aromatic nitrogens is 5. The topological polar surface area (TPSA) is 117 Å². The summed E-state index contributed by atoms with van der Waals surface area (Å²) in [6.45, 7) is 1.12. The summed E-state index contributed by atoms with van der Waals surface area (Å²) in [7, 11) is 2.01. The highest BCUT2D eigenvalue weighted by atomic mass is 19.1. The number of carbonyl (C=O) groups excluding carboxylic acids is 1. The number of carbonyl (C=O) groups is 1. The van der Waals surface area contributed by atoms with E-state index in [0.717, 1.165) is 51.3 Å². The van der Waals surface area contributed by atoms with E-state index in [1.165, 1.54) is 19.2 Å². The summed E-state index contributed by atoms with van der Waals surface area (Å²) in [5, 5.41) is 8.72. The van der Waals surface area contributed by atoms with Gasteiger partial charge in [0, 0.05) is 37.6 Å². The maximum atomic E-state index is 13.2. The molecule has 4 heterocycles. The van der Waals surface area contributed by atoms with Crippen molar-refractivity contribution in [2.75, 3.05) is 19.8 Å². The second kappa shape index (κ2) is 9.74. The van der Waals surface area contributed by atoms with Gasteiger partial charge in [0.15, 0.2) is 12.4 Å². The fraction of sp³-hybridized carbons (Fsp3) is 0.379.